The molecular weight excluding hydrogens is 633 g/mol. The second kappa shape index (κ2) is 15.5. The van der Waals surface area contributed by atoms with Gasteiger partial charge in [0.2, 0.25) is 0 Å². The Kier molecular flexibility index (Phi) is 18.2. The third kappa shape index (κ3) is 9.26. The Labute approximate surface area is 218 Å². The zero-order chi connectivity index (χ0) is 21.0. The first-order chi connectivity index (χ1) is 12.4. The molecule has 0 atom stereocenters. The van der Waals surface area contributed by atoms with Gasteiger partial charge in [0.05, 0.1) is 0 Å². The molecule has 169 valence electrons. The molecule has 0 fully saturated rings. The van der Waals surface area contributed by atoms with Gasteiger partial charge in [-0.3, -0.25) is 0 Å². The van der Waals surface area contributed by atoms with Gasteiger partial charge in [0, 0.05) is 0 Å². The predicted octanol–water partition coefficient (Wildman–Crippen LogP) is 2.86. The van der Waals surface area contributed by atoms with E-state index in [0.29, 0.717) is 0 Å². The van der Waals surface area contributed by atoms with E-state index in [0.717, 1.165) is 24.6 Å². The van der Waals surface area contributed by atoms with Crippen molar-refractivity contribution in [3.8, 4) is 0 Å². The molecule has 0 N–H and O–H groups in total. The van der Waals surface area contributed by atoms with Gasteiger partial charge in [-0.05, 0) is 148 Å². The van der Waals surface area contributed by atoms with Crippen LogP contribution < -0.4 is 24.8 Å². The van der Waals surface area contributed by atoms with E-state index in [2.05, 4.69) is 83.1 Å². The monoisotopic (exact) mass is 671 g/mol. The van der Waals surface area contributed by atoms with Crippen LogP contribution in [0.25, 0.3) is 0 Å². The molecule has 0 aliphatic carbocycles. The Morgan fingerprint density at radius 2 is 0.400 bits per heavy atom. The maximum Gasteiger partial charge on any atom is 2.00 e. The number of halogens is 2. The van der Waals surface area contributed by atoms with Crippen molar-refractivity contribution in [2.75, 3.05) is 0 Å². The fourth-order valence-electron chi connectivity index (χ4n) is 3.09. The predicted molar refractivity (Wildman–Crippen MR) is 135 cm³/mol. The van der Waals surface area contributed by atoms with E-state index in [1.165, 1.54) is 33.4 Å². The summed E-state index contributed by atoms with van der Waals surface area (Å²) < 4.78 is 0. The maximum absolute atomic E-state index is 2.23. The quantitative estimate of drug-likeness (QED) is 0.345. The van der Waals surface area contributed by atoms with Gasteiger partial charge in [-0.1, -0.05) is 0 Å². The molecular formula is C24H39Cl2P3Ta. The third-order valence-electron chi connectivity index (χ3n) is 6.19. The van der Waals surface area contributed by atoms with Crippen LogP contribution in [-0.4, -0.2) is 0 Å². The van der Waals surface area contributed by atoms with Crippen molar-refractivity contribution in [3.05, 3.63) is 65.2 Å². The third-order valence-corrected chi connectivity index (χ3v) is 10.7. The summed E-state index contributed by atoms with van der Waals surface area (Å²) in [6.45, 7) is 26.7. The Hall–Kier alpha value is 0.660. The van der Waals surface area contributed by atoms with Gasteiger partial charge in [-0.15, -0.1) is 24.6 Å². The van der Waals surface area contributed by atoms with Crippen LogP contribution in [0.15, 0.2) is 0 Å². The van der Waals surface area contributed by atoms with Gasteiger partial charge in [0.25, 0.3) is 0 Å². The molecule has 1 radical (unpaired) electrons. The summed E-state index contributed by atoms with van der Waals surface area (Å²) in [4.78, 5) is 0. The average Bonchev–Trinajstić information content (AvgIpc) is 3.07. The Balaban J connectivity index is -0.000000347. The summed E-state index contributed by atoms with van der Waals surface area (Å²) in [5, 5.41) is 9.44. The first-order valence-corrected chi connectivity index (χ1v) is 12.8. The molecule has 0 saturated heterocycles. The van der Waals surface area contributed by atoms with E-state index in [9.17, 15) is 0 Å². The van der Waals surface area contributed by atoms with Crippen molar-refractivity contribution >= 4 is 24.6 Å². The Morgan fingerprint density at radius 1 is 0.300 bits per heavy atom. The standard InChI is InChI=1S/3C8H13P.2ClH.Ta/c3*1-5-6(2)8(4)9-7(5)3;;;/h3*9H,1-4H3;2*1H;/q;;;;;+2/p-2. The number of hydrogen-bond acceptors (Lipinski definition) is 0. The molecule has 3 aromatic heterocycles. The molecule has 0 saturated carbocycles. The zero-order valence-electron chi connectivity index (χ0n) is 20.7. The minimum atomic E-state index is 0. The SMILES string of the molecule is Cc1[pH]c(C)c(C)c1C.Cc1[pH]c(C)c(C)c1C.Cc1[pH]c(C)c(C)c1C.[Cl-].[Cl-].[Ta+2]. The Morgan fingerprint density at radius 3 is 0.433 bits per heavy atom. The van der Waals surface area contributed by atoms with Crippen molar-refractivity contribution in [1.82, 2.24) is 0 Å². The minimum Gasteiger partial charge on any atom is -1.00 e. The van der Waals surface area contributed by atoms with E-state index < -0.39 is 0 Å². The fourth-order valence-corrected chi connectivity index (χ4v) is 7.03. The molecule has 3 aromatic rings. The van der Waals surface area contributed by atoms with Crippen molar-refractivity contribution in [2.45, 2.75) is 83.1 Å². The van der Waals surface area contributed by atoms with Crippen molar-refractivity contribution in [3.63, 3.8) is 0 Å². The van der Waals surface area contributed by atoms with Crippen molar-refractivity contribution < 1.29 is 47.2 Å². The molecule has 0 aromatic carbocycles. The van der Waals surface area contributed by atoms with Gasteiger partial charge in [0.15, 0.2) is 0 Å². The van der Waals surface area contributed by atoms with E-state index in [-0.39, 0.29) is 47.2 Å². The van der Waals surface area contributed by atoms with Crippen LogP contribution in [0.5, 0.6) is 0 Å². The molecule has 0 aliphatic heterocycles. The van der Waals surface area contributed by atoms with Crippen molar-refractivity contribution in [1.29, 1.82) is 0 Å². The van der Waals surface area contributed by atoms with Crippen LogP contribution >= 0.6 is 24.6 Å². The number of hydrogen-bond donors (Lipinski definition) is 0. The van der Waals surface area contributed by atoms with E-state index >= 15 is 0 Å². The largest absolute Gasteiger partial charge is 2.00 e. The summed E-state index contributed by atoms with van der Waals surface area (Å²) in [6, 6.07) is 0. The van der Waals surface area contributed by atoms with Gasteiger partial charge in [-0.2, -0.15) is 0 Å². The molecule has 0 aliphatic rings. The topological polar surface area (TPSA) is 0 Å². The summed E-state index contributed by atoms with van der Waals surface area (Å²) >= 11 is 0. The van der Waals surface area contributed by atoms with Crippen LogP contribution in [-0.2, 0) is 22.4 Å². The molecule has 6 heteroatoms. The second-order valence-corrected chi connectivity index (χ2v) is 13.1. The van der Waals surface area contributed by atoms with Gasteiger partial charge in [0.1, 0.15) is 0 Å². The molecule has 0 spiro atoms. The number of rotatable bonds is 0. The second-order valence-electron chi connectivity index (χ2n) is 7.88. The van der Waals surface area contributed by atoms with Gasteiger partial charge in [-0.25, -0.2) is 0 Å². The molecule has 30 heavy (non-hydrogen) atoms. The van der Waals surface area contributed by atoms with Crippen LogP contribution in [0.4, 0.5) is 0 Å². The molecule has 0 unspecified atom stereocenters. The summed E-state index contributed by atoms with van der Waals surface area (Å²) in [5.74, 6) is 0. The molecule has 0 nitrogen and oxygen atoms in total. The molecule has 3 rings (SSSR count). The summed E-state index contributed by atoms with van der Waals surface area (Å²) in [5.41, 5.74) is 9.12. The normalized spacial score (nSPS) is 9.20. The average molecular weight is 672 g/mol. The Bertz CT molecular complexity index is 731. The summed E-state index contributed by atoms with van der Waals surface area (Å²) in [7, 11) is 2.93. The van der Waals surface area contributed by atoms with Crippen LogP contribution in [0.2, 0.25) is 0 Å². The van der Waals surface area contributed by atoms with Crippen LogP contribution in [0.3, 0.4) is 0 Å². The van der Waals surface area contributed by atoms with Crippen LogP contribution in [0, 0.1) is 83.1 Å². The van der Waals surface area contributed by atoms with Gasteiger partial charge >= 0.3 is 22.4 Å². The van der Waals surface area contributed by atoms with E-state index in [4.69, 9.17) is 0 Å². The molecule has 0 bridgehead atoms. The summed E-state index contributed by atoms with van der Waals surface area (Å²) in [6.07, 6.45) is 0. The first-order valence-electron chi connectivity index (χ1n) is 9.75. The van der Waals surface area contributed by atoms with E-state index in [1.54, 1.807) is 31.8 Å². The zero-order valence-corrected chi connectivity index (χ0v) is 28.4. The van der Waals surface area contributed by atoms with Gasteiger partial charge < -0.3 is 24.8 Å². The number of aryl methyl sites for hydroxylation is 6. The minimum absolute atomic E-state index is 0. The first kappa shape index (κ1) is 35.3. The maximum atomic E-state index is 2.23. The molecule has 3 heterocycles. The fraction of sp³-hybridized carbons (Fsp3) is 0.500. The van der Waals surface area contributed by atoms with E-state index in [1.807, 2.05) is 0 Å². The molecule has 0 amide bonds. The van der Waals surface area contributed by atoms with Crippen molar-refractivity contribution in [2.24, 2.45) is 0 Å². The van der Waals surface area contributed by atoms with Crippen LogP contribution in [0.1, 0.15) is 65.2 Å². The smallest absolute Gasteiger partial charge is 1.00 e.